The van der Waals surface area contributed by atoms with Crippen LogP contribution in [0, 0.1) is 12.7 Å². The van der Waals surface area contributed by atoms with E-state index >= 15 is 0 Å². The lowest BCUT2D eigenvalue weighted by Crippen LogP contribution is -2.14. The highest BCUT2D eigenvalue weighted by Gasteiger charge is 2.18. The predicted molar refractivity (Wildman–Crippen MR) is 71.1 cm³/mol. The molecule has 0 spiro atoms. The van der Waals surface area contributed by atoms with Gasteiger partial charge in [0.1, 0.15) is 5.82 Å². The first-order valence-electron chi connectivity index (χ1n) is 5.96. The van der Waals surface area contributed by atoms with Crippen LogP contribution >= 0.6 is 11.5 Å². The van der Waals surface area contributed by atoms with E-state index in [9.17, 15) is 4.39 Å². The molecule has 0 amide bonds. The summed E-state index contributed by atoms with van der Waals surface area (Å²) in [6, 6.07) is 4.41. The lowest BCUT2D eigenvalue weighted by atomic mass is 9.99. The van der Waals surface area contributed by atoms with Crippen LogP contribution in [0.5, 0.6) is 0 Å². The second kappa shape index (κ2) is 5.54. The minimum absolute atomic E-state index is 0.236. The summed E-state index contributed by atoms with van der Waals surface area (Å²) in [7, 11) is 0. The third-order valence-corrected chi connectivity index (χ3v) is 3.77. The molecule has 1 unspecified atom stereocenters. The van der Waals surface area contributed by atoms with Crippen LogP contribution in [0.4, 0.5) is 4.39 Å². The standard InChI is InChI=1S/C13H16FN3S/c1-3-4-11-13(18-17-16-11)12(15)10-6-5-9(14)7-8(10)2/h5-7,12H,3-4,15H2,1-2H3. The van der Waals surface area contributed by atoms with Gasteiger partial charge in [-0.15, -0.1) is 5.10 Å². The van der Waals surface area contributed by atoms with E-state index in [0.717, 1.165) is 34.5 Å². The Morgan fingerprint density at radius 3 is 2.89 bits per heavy atom. The van der Waals surface area contributed by atoms with E-state index in [-0.39, 0.29) is 11.9 Å². The maximum Gasteiger partial charge on any atom is 0.123 e. The average Bonchev–Trinajstić information content (AvgIpc) is 2.77. The average molecular weight is 265 g/mol. The number of nitrogens with zero attached hydrogens (tertiary/aromatic N) is 2. The van der Waals surface area contributed by atoms with Gasteiger partial charge in [0.25, 0.3) is 0 Å². The molecule has 2 aromatic rings. The molecule has 5 heteroatoms. The lowest BCUT2D eigenvalue weighted by Gasteiger charge is -2.13. The minimum atomic E-state index is -0.271. The Kier molecular flexibility index (Phi) is 4.04. The van der Waals surface area contributed by atoms with Gasteiger partial charge in [0.05, 0.1) is 16.6 Å². The van der Waals surface area contributed by atoms with Crippen molar-refractivity contribution < 1.29 is 4.39 Å². The fraction of sp³-hybridized carbons (Fsp3) is 0.385. The Labute approximate surface area is 110 Å². The minimum Gasteiger partial charge on any atom is -0.319 e. The number of aryl methyl sites for hydroxylation is 2. The van der Waals surface area contributed by atoms with Gasteiger partial charge in [-0.1, -0.05) is 23.9 Å². The van der Waals surface area contributed by atoms with Gasteiger partial charge < -0.3 is 5.73 Å². The number of rotatable bonds is 4. The first-order valence-corrected chi connectivity index (χ1v) is 6.73. The Morgan fingerprint density at radius 1 is 1.44 bits per heavy atom. The molecule has 1 heterocycles. The first kappa shape index (κ1) is 13.1. The molecule has 0 saturated carbocycles. The van der Waals surface area contributed by atoms with Crippen LogP contribution in [0.25, 0.3) is 0 Å². The molecular formula is C13H16FN3S. The zero-order valence-electron chi connectivity index (χ0n) is 10.5. The van der Waals surface area contributed by atoms with E-state index in [1.165, 1.54) is 23.7 Å². The highest BCUT2D eigenvalue weighted by molar-refractivity contribution is 7.05. The van der Waals surface area contributed by atoms with E-state index in [0.29, 0.717) is 0 Å². The number of nitrogens with two attached hydrogens (primary N) is 1. The summed E-state index contributed by atoms with van der Waals surface area (Å²) in [5.74, 6) is -0.236. The molecule has 0 aliphatic heterocycles. The topological polar surface area (TPSA) is 51.8 Å². The van der Waals surface area contributed by atoms with Crippen molar-refractivity contribution in [3.63, 3.8) is 0 Å². The van der Waals surface area contributed by atoms with E-state index in [1.807, 2.05) is 6.92 Å². The van der Waals surface area contributed by atoms with Crippen molar-refractivity contribution in [3.05, 3.63) is 45.7 Å². The summed E-state index contributed by atoms with van der Waals surface area (Å²) in [5, 5.41) is 4.11. The number of hydrogen-bond donors (Lipinski definition) is 1. The molecule has 2 N–H and O–H groups in total. The van der Waals surface area contributed by atoms with Crippen molar-refractivity contribution in [2.75, 3.05) is 0 Å². The second-order valence-corrected chi connectivity index (χ2v) is 5.10. The molecule has 1 atom stereocenters. The molecule has 0 fully saturated rings. The largest absolute Gasteiger partial charge is 0.319 e. The third kappa shape index (κ3) is 2.57. The van der Waals surface area contributed by atoms with Crippen LogP contribution in [0.1, 0.15) is 41.1 Å². The Balaban J connectivity index is 2.35. The zero-order valence-corrected chi connectivity index (χ0v) is 11.3. The molecule has 18 heavy (non-hydrogen) atoms. The molecule has 3 nitrogen and oxygen atoms in total. The van der Waals surface area contributed by atoms with Gasteiger partial charge in [0, 0.05) is 0 Å². The first-order chi connectivity index (χ1) is 8.63. The Hall–Kier alpha value is -1.33. The van der Waals surface area contributed by atoms with E-state index in [2.05, 4.69) is 16.5 Å². The number of aromatic nitrogens is 2. The Bertz CT molecular complexity index is 539. The fourth-order valence-corrected chi connectivity index (χ4v) is 2.71. The van der Waals surface area contributed by atoms with Gasteiger partial charge in [-0.05, 0) is 48.1 Å². The van der Waals surface area contributed by atoms with Crippen LogP contribution in [0.15, 0.2) is 18.2 Å². The Morgan fingerprint density at radius 2 is 2.22 bits per heavy atom. The van der Waals surface area contributed by atoms with Crippen molar-refractivity contribution in [2.45, 2.75) is 32.7 Å². The van der Waals surface area contributed by atoms with Crippen LogP contribution in [0.2, 0.25) is 0 Å². The summed E-state index contributed by atoms with van der Waals surface area (Å²) in [4.78, 5) is 0.978. The van der Waals surface area contributed by atoms with E-state index < -0.39 is 0 Å². The SMILES string of the molecule is CCCc1nnsc1C(N)c1ccc(F)cc1C. The fourth-order valence-electron chi connectivity index (χ4n) is 1.99. The normalized spacial score (nSPS) is 12.7. The summed E-state index contributed by atoms with van der Waals surface area (Å²) < 4.78 is 17.1. The molecule has 2 rings (SSSR count). The molecule has 1 aromatic heterocycles. The molecule has 0 bridgehead atoms. The van der Waals surface area contributed by atoms with Gasteiger partial charge in [-0.25, -0.2) is 4.39 Å². The molecule has 0 radical (unpaired) electrons. The van der Waals surface area contributed by atoms with Crippen molar-refractivity contribution >= 4 is 11.5 Å². The smallest absolute Gasteiger partial charge is 0.123 e. The molecule has 0 aliphatic rings. The highest BCUT2D eigenvalue weighted by atomic mass is 32.1. The number of hydrogen-bond acceptors (Lipinski definition) is 4. The zero-order chi connectivity index (χ0) is 13.1. The summed E-state index contributed by atoms with van der Waals surface area (Å²) in [5.41, 5.74) is 9.00. The van der Waals surface area contributed by atoms with E-state index in [1.54, 1.807) is 6.07 Å². The number of halogens is 1. The number of benzene rings is 1. The van der Waals surface area contributed by atoms with Crippen LogP contribution < -0.4 is 5.73 Å². The molecule has 96 valence electrons. The summed E-state index contributed by atoms with van der Waals surface area (Å²) in [6.45, 7) is 3.96. The van der Waals surface area contributed by atoms with Crippen molar-refractivity contribution in [1.29, 1.82) is 0 Å². The van der Waals surface area contributed by atoms with Crippen LogP contribution in [0.3, 0.4) is 0 Å². The molecule has 0 aliphatic carbocycles. The van der Waals surface area contributed by atoms with Crippen molar-refractivity contribution in [2.24, 2.45) is 5.73 Å². The lowest BCUT2D eigenvalue weighted by molar-refractivity contribution is 0.624. The quantitative estimate of drug-likeness (QED) is 0.924. The maximum atomic E-state index is 13.1. The van der Waals surface area contributed by atoms with Crippen molar-refractivity contribution in [3.8, 4) is 0 Å². The van der Waals surface area contributed by atoms with Gasteiger partial charge in [0.15, 0.2) is 0 Å². The van der Waals surface area contributed by atoms with E-state index in [4.69, 9.17) is 5.73 Å². The van der Waals surface area contributed by atoms with Gasteiger partial charge in [0.2, 0.25) is 0 Å². The monoisotopic (exact) mass is 265 g/mol. The van der Waals surface area contributed by atoms with Crippen LogP contribution in [-0.2, 0) is 6.42 Å². The molecule has 0 saturated heterocycles. The van der Waals surface area contributed by atoms with Crippen LogP contribution in [-0.4, -0.2) is 9.59 Å². The van der Waals surface area contributed by atoms with Gasteiger partial charge in [-0.3, -0.25) is 0 Å². The van der Waals surface area contributed by atoms with Gasteiger partial charge in [-0.2, -0.15) is 0 Å². The third-order valence-electron chi connectivity index (χ3n) is 2.92. The second-order valence-electron chi connectivity index (χ2n) is 4.31. The summed E-state index contributed by atoms with van der Waals surface area (Å²) >= 11 is 1.33. The predicted octanol–water partition coefficient (Wildman–Crippen LogP) is 2.99. The van der Waals surface area contributed by atoms with Gasteiger partial charge >= 0.3 is 0 Å². The van der Waals surface area contributed by atoms with Crippen molar-refractivity contribution in [1.82, 2.24) is 9.59 Å². The summed E-state index contributed by atoms with van der Waals surface area (Å²) in [6.07, 6.45) is 1.88. The highest BCUT2D eigenvalue weighted by Crippen LogP contribution is 2.28. The molecular weight excluding hydrogens is 249 g/mol. The molecule has 1 aromatic carbocycles. The maximum absolute atomic E-state index is 13.1.